The van der Waals surface area contributed by atoms with Gasteiger partial charge in [0.2, 0.25) is 5.91 Å². The Balaban J connectivity index is 1.47. The van der Waals surface area contributed by atoms with Crippen LogP contribution in [0.15, 0.2) is 66.9 Å². The highest BCUT2D eigenvalue weighted by Crippen LogP contribution is 2.26. The quantitative estimate of drug-likeness (QED) is 0.694. The van der Waals surface area contributed by atoms with Crippen LogP contribution in [0.4, 0.5) is 15.9 Å². The number of piperidine rings is 1. The normalized spacial score (nSPS) is 16.0. The van der Waals surface area contributed by atoms with E-state index in [4.69, 9.17) is 0 Å². The van der Waals surface area contributed by atoms with Crippen molar-refractivity contribution in [2.45, 2.75) is 12.8 Å². The van der Waals surface area contributed by atoms with Crippen LogP contribution in [0.2, 0.25) is 0 Å². The number of halogens is 1. The summed E-state index contributed by atoms with van der Waals surface area (Å²) in [7, 11) is 0. The first-order valence-corrected chi connectivity index (χ1v) is 9.91. The van der Waals surface area contributed by atoms with Gasteiger partial charge in [0.25, 0.3) is 0 Å². The second-order valence-corrected chi connectivity index (χ2v) is 7.35. The summed E-state index contributed by atoms with van der Waals surface area (Å²) in [6, 6.07) is 19.5. The number of carbonyl (C=O) groups excluding carboxylic acids is 1. The summed E-state index contributed by atoms with van der Waals surface area (Å²) in [5.41, 5.74) is 3.01. The minimum Gasteiger partial charge on any atom is -0.355 e. The lowest BCUT2D eigenvalue weighted by Gasteiger charge is -2.33. The van der Waals surface area contributed by atoms with E-state index in [1.54, 1.807) is 30.5 Å². The third-order valence-electron chi connectivity index (χ3n) is 5.31. The number of pyridine rings is 1. The smallest absolute Gasteiger partial charge is 0.229 e. The number of anilines is 2. The fourth-order valence-electron chi connectivity index (χ4n) is 3.78. The second kappa shape index (κ2) is 8.75. The van der Waals surface area contributed by atoms with Crippen molar-refractivity contribution in [2.75, 3.05) is 23.3 Å². The molecule has 5 nitrogen and oxygen atoms in total. The van der Waals surface area contributed by atoms with Gasteiger partial charge in [0, 0.05) is 25.0 Å². The monoisotopic (exact) mass is 400 g/mol. The number of amides is 1. The van der Waals surface area contributed by atoms with Gasteiger partial charge in [-0.3, -0.25) is 4.79 Å². The molecular formula is C24H21FN4O. The Labute approximate surface area is 174 Å². The fraction of sp³-hybridized carbons (Fsp3) is 0.208. The van der Waals surface area contributed by atoms with Gasteiger partial charge in [0.1, 0.15) is 17.7 Å². The lowest BCUT2D eigenvalue weighted by molar-refractivity contribution is -0.120. The molecule has 1 atom stereocenters. The highest BCUT2D eigenvalue weighted by Gasteiger charge is 2.27. The van der Waals surface area contributed by atoms with Crippen molar-refractivity contribution in [3.63, 3.8) is 0 Å². The van der Waals surface area contributed by atoms with Gasteiger partial charge in [-0.2, -0.15) is 5.26 Å². The first-order valence-electron chi connectivity index (χ1n) is 9.91. The fourth-order valence-corrected chi connectivity index (χ4v) is 3.78. The van der Waals surface area contributed by atoms with Crippen LogP contribution >= 0.6 is 0 Å². The van der Waals surface area contributed by atoms with Crippen molar-refractivity contribution in [3.05, 3.63) is 78.2 Å². The summed E-state index contributed by atoms with van der Waals surface area (Å²) >= 11 is 0. The molecule has 0 saturated carbocycles. The van der Waals surface area contributed by atoms with Gasteiger partial charge in [0.05, 0.1) is 11.5 Å². The molecule has 1 saturated heterocycles. The number of nitrogens with one attached hydrogen (secondary N) is 1. The van der Waals surface area contributed by atoms with Crippen LogP contribution in [0, 0.1) is 23.1 Å². The third-order valence-corrected chi connectivity index (χ3v) is 5.31. The van der Waals surface area contributed by atoms with Gasteiger partial charge >= 0.3 is 0 Å². The zero-order valence-corrected chi connectivity index (χ0v) is 16.4. The van der Waals surface area contributed by atoms with Crippen molar-refractivity contribution in [3.8, 4) is 17.2 Å². The van der Waals surface area contributed by atoms with Crippen molar-refractivity contribution in [1.82, 2.24) is 4.98 Å². The van der Waals surface area contributed by atoms with Gasteiger partial charge in [-0.1, -0.05) is 24.3 Å². The standard InChI is InChI=1S/C24H21FN4O/c25-21-10-8-17(9-11-21)18-4-1-7-22(14-18)28-24(30)20-6-3-13-29(16-20)23-19(15-26)5-2-12-27-23/h1-2,4-5,7-12,14,20H,3,6,13,16H2,(H,28,30)/t20-/m0/s1. The van der Waals surface area contributed by atoms with Gasteiger partial charge in [-0.05, 0) is 60.4 Å². The molecule has 0 aliphatic carbocycles. The van der Waals surface area contributed by atoms with Crippen molar-refractivity contribution >= 4 is 17.4 Å². The average molecular weight is 400 g/mol. The van der Waals surface area contributed by atoms with Crippen molar-refractivity contribution in [2.24, 2.45) is 5.92 Å². The van der Waals surface area contributed by atoms with Crippen LogP contribution < -0.4 is 10.2 Å². The molecule has 1 aliphatic rings. The highest BCUT2D eigenvalue weighted by molar-refractivity contribution is 5.93. The van der Waals surface area contributed by atoms with Crippen molar-refractivity contribution < 1.29 is 9.18 Å². The Morgan fingerprint density at radius 2 is 1.97 bits per heavy atom. The summed E-state index contributed by atoms with van der Waals surface area (Å²) in [5, 5.41) is 12.3. The number of aromatic nitrogens is 1. The average Bonchev–Trinajstić information content (AvgIpc) is 2.80. The summed E-state index contributed by atoms with van der Waals surface area (Å²) in [6.07, 6.45) is 3.31. The van der Waals surface area contributed by atoms with Crippen LogP contribution in [0.25, 0.3) is 11.1 Å². The summed E-state index contributed by atoms with van der Waals surface area (Å²) in [5.74, 6) is 0.112. The van der Waals surface area contributed by atoms with Gasteiger partial charge in [0.15, 0.2) is 0 Å². The molecule has 6 heteroatoms. The number of carbonyl (C=O) groups is 1. The first kappa shape index (κ1) is 19.6. The van der Waals surface area contributed by atoms with Crippen LogP contribution in [0.3, 0.4) is 0 Å². The van der Waals surface area contributed by atoms with E-state index in [9.17, 15) is 14.4 Å². The molecule has 2 aromatic carbocycles. The Morgan fingerprint density at radius 1 is 1.13 bits per heavy atom. The summed E-state index contributed by atoms with van der Waals surface area (Å²) < 4.78 is 13.2. The highest BCUT2D eigenvalue weighted by atomic mass is 19.1. The lowest BCUT2D eigenvalue weighted by Crippen LogP contribution is -2.41. The number of hydrogen-bond acceptors (Lipinski definition) is 4. The summed E-state index contributed by atoms with van der Waals surface area (Å²) in [4.78, 5) is 19.3. The summed E-state index contributed by atoms with van der Waals surface area (Å²) in [6.45, 7) is 1.30. The number of hydrogen-bond donors (Lipinski definition) is 1. The molecule has 1 N–H and O–H groups in total. The van der Waals surface area contributed by atoms with E-state index in [0.717, 1.165) is 30.5 Å². The minimum absolute atomic E-state index is 0.0506. The topological polar surface area (TPSA) is 69.0 Å². The number of rotatable bonds is 4. The number of nitriles is 1. The first-order chi connectivity index (χ1) is 14.6. The maximum atomic E-state index is 13.2. The van der Waals surface area contributed by atoms with Crippen LogP contribution in [0.5, 0.6) is 0 Å². The Morgan fingerprint density at radius 3 is 2.77 bits per heavy atom. The maximum absolute atomic E-state index is 13.2. The van der Waals surface area contributed by atoms with Crippen LogP contribution in [0.1, 0.15) is 18.4 Å². The van der Waals surface area contributed by atoms with E-state index in [0.29, 0.717) is 23.6 Å². The molecule has 1 fully saturated rings. The maximum Gasteiger partial charge on any atom is 0.229 e. The second-order valence-electron chi connectivity index (χ2n) is 7.35. The van der Waals surface area contributed by atoms with Crippen LogP contribution in [-0.4, -0.2) is 24.0 Å². The molecule has 2 heterocycles. The van der Waals surface area contributed by atoms with E-state index >= 15 is 0 Å². The molecule has 0 bridgehead atoms. The lowest BCUT2D eigenvalue weighted by atomic mass is 9.96. The molecule has 1 aliphatic heterocycles. The number of benzene rings is 2. The molecule has 1 aromatic heterocycles. The third kappa shape index (κ3) is 4.31. The molecule has 30 heavy (non-hydrogen) atoms. The number of nitrogens with zero attached hydrogens (tertiary/aromatic N) is 3. The predicted octanol–water partition coefficient (Wildman–Crippen LogP) is 4.61. The minimum atomic E-state index is -0.280. The van der Waals surface area contributed by atoms with E-state index in [1.165, 1.54) is 12.1 Å². The Kier molecular flexibility index (Phi) is 5.71. The molecule has 0 radical (unpaired) electrons. The zero-order valence-electron chi connectivity index (χ0n) is 16.4. The van der Waals surface area contributed by atoms with E-state index < -0.39 is 0 Å². The van der Waals surface area contributed by atoms with Gasteiger partial charge < -0.3 is 10.2 Å². The van der Waals surface area contributed by atoms with E-state index in [2.05, 4.69) is 16.4 Å². The SMILES string of the molecule is N#Cc1cccnc1N1CCC[C@H](C(=O)Nc2cccc(-c3ccc(F)cc3)c2)C1. The molecular weight excluding hydrogens is 379 g/mol. The Bertz CT molecular complexity index is 1090. The molecule has 0 spiro atoms. The predicted molar refractivity (Wildman–Crippen MR) is 114 cm³/mol. The zero-order chi connectivity index (χ0) is 20.9. The van der Waals surface area contributed by atoms with E-state index in [1.807, 2.05) is 29.2 Å². The van der Waals surface area contributed by atoms with E-state index in [-0.39, 0.29) is 17.6 Å². The molecule has 3 aromatic rings. The molecule has 4 rings (SSSR count). The van der Waals surface area contributed by atoms with Gasteiger partial charge in [-0.15, -0.1) is 0 Å². The van der Waals surface area contributed by atoms with Crippen molar-refractivity contribution in [1.29, 1.82) is 5.26 Å². The van der Waals surface area contributed by atoms with Crippen LogP contribution in [-0.2, 0) is 4.79 Å². The molecule has 1 amide bonds. The molecule has 0 unspecified atom stereocenters. The molecule has 150 valence electrons. The largest absolute Gasteiger partial charge is 0.355 e. The van der Waals surface area contributed by atoms with Gasteiger partial charge in [-0.25, -0.2) is 9.37 Å². The Hall–Kier alpha value is -3.72.